The number of hydrogen-bond acceptors (Lipinski definition) is 7. The summed E-state index contributed by atoms with van der Waals surface area (Å²) in [6.45, 7) is 1.84. The summed E-state index contributed by atoms with van der Waals surface area (Å²) in [6, 6.07) is 10.9. The van der Waals surface area contributed by atoms with E-state index in [2.05, 4.69) is 20.4 Å². The molecule has 0 saturated heterocycles. The largest absolute Gasteiger partial charge is 0.465 e. The van der Waals surface area contributed by atoms with Crippen molar-refractivity contribution in [3.8, 4) is 17.5 Å². The number of benzene rings is 1. The van der Waals surface area contributed by atoms with Gasteiger partial charge in [0, 0.05) is 5.56 Å². The Kier molecular flexibility index (Phi) is 4.29. The summed E-state index contributed by atoms with van der Waals surface area (Å²) in [5, 5.41) is 24.3. The summed E-state index contributed by atoms with van der Waals surface area (Å²) in [5.74, 6) is -1.65. The van der Waals surface area contributed by atoms with E-state index in [-0.39, 0.29) is 12.4 Å². The molecule has 7 nitrogen and oxygen atoms in total. The Bertz CT molecular complexity index is 621. The SMILES string of the molecule is CCOC(=O)C(C#N)c1nnc(-c2ccccc2)nn1. The molecular weight excluding hydrogens is 258 g/mol. The van der Waals surface area contributed by atoms with Crippen LogP contribution in [0.15, 0.2) is 30.3 Å². The summed E-state index contributed by atoms with van der Waals surface area (Å²) in [7, 11) is 0. The maximum atomic E-state index is 11.5. The van der Waals surface area contributed by atoms with Gasteiger partial charge in [0.25, 0.3) is 0 Å². The minimum absolute atomic E-state index is 0.0642. The monoisotopic (exact) mass is 269 g/mol. The van der Waals surface area contributed by atoms with E-state index in [1.54, 1.807) is 13.0 Å². The van der Waals surface area contributed by atoms with Crippen molar-refractivity contribution in [2.45, 2.75) is 12.8 Å². The molecule has 2 aromatic rings. The molecular formula is C13H11N5O2. The highest BCUT2D eigenvalue weighted by Gasteiger charge is 2.25. The summed E-state index contributed by atoms with van der Waals surface area (Å²) in [6.07, 6.45) is 0. The summed E-state index contributed by atoms with van der Waals surface area (Å²) in [4.78, 5) is 11.5. The second-order valence-corrected chi connectivity index (χ2v) is 3.76. The maximum Gasteiger partial charge on any atom is 0.331 e. The van der Waals surface area contributed by atoms with Crippen LogP contribution in [0.2, 0.25) is 0 Å². The molecule has 1 heterocycles. The van der Waals surface area contributed by atoms with E-state index in [4.69, 9.17) is 10.00 Å². The van der Waals surface area contributed by atoms with E-state index in [0.717, 1.165) is 5.56 Å². The Morgan fingerprint density at radius 1 is 1.25 bits per heavy atom. The zero-order valence-electron chi connectivity index (χ0n) is 10.7. The molecule has 0 aliphatic rings. The van der Waals surface area contributed by atoms with E-state index >= 15 is 0 Å². The number of nitriles is 1. The topological polar surface area (TPSA) is 102 Å². The molecule has 0 amide bonds. The average molecular weight is 269 g/mol. The Balaban J connectivity index is 2.24. The Hall–Kier alpha value is -2.88. The van der Waals surface area contributed by atoms with Crippen molar-refractivity contribution in [2.75, 3.05) is 6.61 Å². The highest BCUT2D eigenvalue weighted by Crippen LogP contribution is 2.14. The lowest BCUT2D eigenvalue weighted by molar-refractivity contribution is -0.143. The van der Waals surface area contributed by atoms with Gasteiger partial charge in [0.05, 0.1) is 12.7 Å². The van der Waals surface area contributed by atoms with Gasteiger partial charge in [-0.05, 0) is 6.92 Å². The fraction of sp³-hybridized carbons (Fsp3) is 0.231. The summed E-state index contributed by atoms with van der Waals surface area (Å²) in [5.41, 5.74) is 0.753. The van der Waals surface area contributed by atoms with Gasteiger partial charge in [0.15, 0.2) is 0 Å². The van der Waals surface area contributed by atoms with Crippen LogP contribution in [0.1, 0.15) is 18.7 Å². The van der Waals surface area contributed by atoms with Gasteiger partial charge in [-0.15, -0.1) is 20.4 Å². The molecule has 1 aromatic carbocycles. The van der Waals surface area contributed by atoms with Crippen LogP contribution in [0.5, 0.6) is 0 Å². The highest BCUT2D eigenvalue weighted by atomic mass is 16.5. The van der Waals surface area contributed by atoms with Crippen LogP contribution in [-0.2, 0) is 9.53 Å². The molecule has 0 aliphatic heterocycles. The van der Waals surface area contributed by atoms with Crippen molar-refractivity contribution in [1.29, 1.82) is 5.26 Å². The molecule has 0 N–H and O–H groups in total. The number of esters is 1. The van der Waals surface area contributed by atoms with Crippen molar-refractivity contribution in [3.05, 3.63) is 36.2 Å². The number of aromatic nitrogens is 4. The molecule has 0 bridgehead atoms. The first-order chi connectivity index (χ1) is 9.76. The minimum atomic E-state index is -1.21. The van der Waals surface area contributed by atoms with Gasteiger partial charge >= 0.3 is 5.97 Å². The molecule has 2 rings (SSSR count). The number of ether oxygens (including phenoxy) is 1. The highest BCUT2D eigenvalue weighted by molar-refractivity contribution is 5.80. The predicted octanol–water partition coefficient (Wildman–Crippen LogP) is 1.10. The third-order valence-electron chi connectivity index (χ3n) is 2.44. The first-order valence-electron chi connectivity index (χ1n) is 5.95. The second-order valence-electron chi connectivity index (χ2n) is 3.76. The van der Waals surface area contributed by atoms with Crippen LogP contribution < -0.4 is 0 Å². The van der Waals surface area contributed by atoms with Crippen LogP contribution >= 0.6 is 0 Å². The van der Waals surface area contributed by atoms with Crippen LogP contribution in [0, 0.1) is 11.3 Å². The Labute approximate surface area is 115 Å². The normalized spacial score (nSPS) is 11.4. The van der Waals surface area contributed by atoms with Gasteiger partial charge in [-0.3, -0.25) is 4.79 Å². The lowest BCUT2D eigenvalue weighted by Gasteiger charge is -2.05. The Morgan fingerprint density at radius 2 is 1.90 bits per heavy atom. The quantitative estimate of drug-likeness (QED) is 0.766. The van der Waals surface area contributed by atoms with Gasteiger partial charge in [-0.1, -0.05) is 30.3 Å². The van der Waals surface area contributed by atoms with Gasteiger partial charge in [-0.2, -0.15) is 5.26 Å². The zero-order chi connectivity index (χ0) is 14.4. The smallest absolute Gasteiger partial charge is 0.331 e. The molecule has 1 atom stereocenters. The molecule has 0 aliphatic carbocycles. The number of nitrogens with zero attached hydrogens (tertiary/aromatic N) is 5. The number of carbonyl (C=O) groups excluding carboxylic acids is 1. The molecule has 0 saturated carbocycles. The zero-order valence-corrected chi connectivity index (χ0v) is 10.7. The molecule has 100 valence electrons. The maximum absolute atomic E-state index is 11.5. The lowest BCUT2D eigenvalue weighted by atomic mass is 10.1. The molecule has 0 fully saturated rings. The predicted molar refractivity (Wildman–Crippen MR) is 68.0 cm³/mol. The summed E-state index contributed by atoms with van der Waals surface area (Å²) >= 11 is 0. The van der Waals surface area contributed by atoms with Crippen LogP contribution in [0.3, 0.4) is 0 Å². The van der Waals surface area contributed by atoms with Crippen molar-refractivity contribution in [1.82, 2.24) is 20.4 Å². The van der Waals surface area contributed by atoms with Crippen LogP contribution in [-0.4, -0.2) is 33.0 Å². The van der Waals surface area contributed by atoms with Crippen LogP contribution in [0.25, 0.3) is 11.4 Å². The van der Waals surface area contributed by atoms with E-state index in [9.17, 15) is 4.79 Å². The molecule has 0 radical (unpaired) electrons. The van der Waals surface area contributed by atoms with Gasteiger partial charge in [-0.25, -0.2) is 0 Å². The van der Waals surface area contributed by atoms with E-state index in [1.807, 2.05) is 30.3 Å². The number of rotatable bonds is 4. The summed E-state index contributed by atoms with van der Waals surface area (Å²) < 4.78 is 4.77. The average Bonchev–Trinajstić information content (AvgIpc) is 2.50. The van der Waals surface area contributed by atoms with Gasteiger partial charge in [0.1, 0.15) is 0 Å². The standard InChI is InChI=1S/C13H11N5O2/c1-2-20-13(19)10(8-14)12-17-15-11(16-18-12)9-6-4-3-5-7-9/h3-7,10H,2H2,1H3. The van der Waals surface area contributed by atoms with Gasteiger partial charge in [0.2, 0.25) is 17.6 Å². The third kappa shape index (κ3) is 2.92. The molecule has 1 unspecified atom stereocenters. The molecule has 20 heavy (non-hydrogen) atoms. The van der Waals surface area contributed by atoms with E-state index in [0.29, 0.717) is 5.82 Å². The Morgan fingerprint density at radius 3 is 2.45 bits per heavy atom. The fourth-order valence-corrected chi connectivity index (χ4v) is 1.50. The molecule has 7 heteroatoms. The van der Waals surface area contributed by atoms with Crippen LogP contribution in [0.4, 0.5) is 0 Å². The fourth-order valence-electron chi connectivity index (χ4n) is 1.50. The van der Waals surface area contributed by atoms with E-state index in [1.165, 1.54) is 0 Å². The van der Waals surface area contributed by atoms with Crippen molar-refractivity contribution >= 4 is 5.97 Å². The van der Waals surface area contributed by atoms with Crippen molar-refractivity contribution in [2.24, 2.45) is 0 Å². The lowest BCUT2D eigenvalue weighted by Crippen LogP contribution is -2.18. The third-order valence-corrected chi connectivity index (χ3v) is 2.44. The number of carbonyl (C=O) groups is 1. The van der Waals surface area contributed by atoms with E-state index < -0.39 is 11.9 Å². The number of hydrogen-bond donors (Lipinski definition) is 0. The van der Waals surface area contributed by atoms with Crippen molar-refractivity contribution < 1.29 is 9.53 Å². The molecule has 0 spiro atoms. The molecule has 1 aromatic heterocycles. The minimum Gasteiger partial charge on any atom is -0.465 e. The second kappa shape index (κ2) is 6.33. The first kappa shape index (κ1) is 13.5. The first-order valence-corrected chi connectivity index (χ1v) is 5.95. The van der Waals surface area contributed by atoms with Crippen molar-refractivity contribution in [3.63, 3.8) is 0 Å². The van der Waals surface area contributed by atoms with Gasteiger partial charge < -0.3 is 4.74 Å².